The zero-order valence-electron chi connectivity index (χ0n) is 25.9. The predicted molar refractivity (Wildman–Crippen MR) is 181 cm³/mol. The van der Waals surface area contributed by atoms with Gasteiger partial charge in [0.05, 0.1) is 36.8 Å². The first kappa shape index (κ1) is 30.0. The smallest absolute Gasteiger partial charge is 0.238 e. The molecule has 7 nitrogen and oxygen atoms in total. The molecule has 2 fully saturated rings. The molecule has 4 aromatic rings. The molecule has 3 aliphatic rings. The Balaban J connectivity index is 1.08. The van der Waals surface area contributed by atoms with Gasteiger partial charge in [0.15, 0.2) is 0 Å². The number of aliphatic hydroxyl groups is 1. The van der Waals surface area contributed by atoms with Gasteiger partial charge in [-0.3, -0.25) is 14.5 Å². The molecule has 4 atom stereocenters. The van der Waals surface area contributed by atoms with Crippen molar-refractivity contribution in [2.75, 3.05) is 23.4 Å². The van der Waals surface area contributed by atoms with E-state index in [0.717, 1.165) is 58.1 Å². The molecule has 0 aromatic heterocycles. The summed E-state index contributed by atoms with van der Waals surface area (Å²) in [6.07, 6.45) is 4.75. The van der Waals surface area contributed by atoms with Gasteiger partial charge in [0.25, 0.3) is 0 Å². The highest BCUT2D eigenvalue weighted by Crippen LogP contribution is 2.50. The molecule has 7 heteroatoms. The minimum absolute atomic E-state index is 0.147. The molecule has 2 saturated heterocycles. The lowest BCUT2D eigenvalue weighted by atomic mass is 9.69. The summed E-state index contributed by atoms with van der Waals surface area (Å²) >= 11 is 0. The number of phenols is 1. The SMILES string of the molecule is CC/C(=C\c1ccc(O)c2ccccc12)CC[C@H]1OC[C@H]2C1=C(CO)C[C@H]1C(=O)N(c3ccc(Nc4ccccc4)cc3)C(=O)[C@H]12. The van der Waals surface area contributed by atoms with E-state index >= 15 is 0 Å². The van der Waals surface area contributed by atoms with Crippen LogP contribution >= 0.6 is 0 Å². The number of anilines is 3. The molecule has 0 unspecified atom stereocenters. The molecule has 46 heavy (non-hydrogen) atoms. The molecule has 234 valence electrons. The van der Waals surface area contributed by atoms with Crippen molar-refractivity contribution in [3.8, 4) is 5.75 Å². The zero-order valence-corrected chi connectivity index (χ0v) is 25.9. The highest BCUT2D eigenvalue weighted by molar-refractivity contribution is 6.22. The zero-order chi connectivity index (χ0) is 31.8. The van der Waals surface area contributed by atoms with Crippen LogP contribution in [0.25, 0.3) is 16.8 Å². The van der Waals surface area contributed by atoms with Crippen LogP contribution in [-0.2, 0) is 14.3 Å². The molecule has 0 radical (unpaired) electrons. The Kier molecular flexibility index (Phi) is 8.20. The van der Waals surface area contributed by atoms with Crippen LogP contribution in [0.3, 0.4) is 0 Å². The van der Waals surface area contributed by atoms with Gasteiger partial charge in [-0.05, 0) is 90.2 Å². The number of imide groups is 1. The summed E-state index contributed by atoms with van der Waals surface area (Å²) < 4.78 is 6.35. The number of aliphatic hydroxyl groups excluding tert-OH is 1. The maximum Gasteiger partial charge on any atom is 0.238 e. The van der Waals surface area contributed by atoms with Gasteiger partial charge < -0.3 is 20.3 Å². The fourth-order valence-electron chi connectivity index (χ4n) is 7.58. The van der Waals surface area contributed by atoms with Crippen LogP contribution in [0, 0.1) is 17.8 Å². The molecule has 0 spiro atoms. The molecule has 2 heterocycles. The van der Waals surface area contributed by atoms with Gasteiger partial charge in [-0.2, -0.15) is 0 Å². The number of para-hydroxylation sites is 1. The summed E-state index contributed by atoms with van der Waals surface area (Å²) in [5.74, 6) is -1.33. The van der Waals surface area contributed by atoms with Crippen molar-refractivity contribution in [1.29, 1.82) is 0 Å². The van der Waals surface area contributed by atoms with Gasteiger partial charge in [-0.1, -0.05) is 67.1 Å². The molecular formula is C39H38N2O5. The first-order valence-corrected chi connectivity index (χ1v) is 16.1. The van der Waals surface area contributed by atoms with E-state index in [1.807, 2.05) is 84.9 Å². The van der Waals surface area contributed by atoms with Gasteiger partial charge in [0.1, 0.15) is 5.75 Å². The van der Waals surface area contributed by atoms with Crippen LogP contribution in [0.5, 0.6) is 5.75 Å². The van der Waals surface area contributed by atoms with Crippen molar-refractivity contribution in [1.82, 2.24) is 0 Å². The number of rotatable bonds is 9. The van der Waals surface area contributed by atoms with E-state index < -0.39 is 11.8 Å². The van der Waals surface area contributed by atoms with Gasteiger partial charge in [-0.15, -0.1) is 0 Å². The van der Waals surface area contributed by atoms with Crippen LogP contribution in [0.1, 0.15) is 38.2 Å². The van der Waals surface area contributed by atoms with Crippen LogP contribution in [-0.4, -0.2) is 41.3 Å². The van der Waals surface area contributed by atoms with Crippen molar-refractivity contribution in [3.05, 3.63) is 113 Å². The summed E-state index contributed by atoms with van der Waals surface area (Å²) in [6.45, 7) is 2.36. The van der Waals surface area contributed by atoms with Crippen LogP contribution in [0.15, 0.2) is 108 Å². The van der Waals surface area contributed by atoms with Crippen molar-refractivity contribution in [2.24, 2.45) is 17.8 Å². The summed E-state index contributed by atoms with van der Waals surface area (Å²) in [7, 11) is 0. The third kappa shape index (κ3) is 5.40. The van der Waals surface area contributed by atoms with E-state index in [0.29, 0.717) is 18.7 Å². The number of fused-ring (bicyclic) bond motifs is 4. The fraction of sp³-hybridized carbons (Fsp3) is 0.282. The van der Waals surface area contributed by atoms with Gasteiger partial charge in [0.2, 0.25) is 11.8 Å². The first-order valence-electron chi connectivity index (χ1n) is 16.1. The first-order chi connectivity index (χ1) is 22.5. The number of nitrogens with one attached hydrogen (secondary N) is 1. The summed E-state index contributed by atoms with van der Waals surface area (Å²) in [6, 6.07) is 28.7. The molecule has 7 rings (SSSR count). The maximum atomic E-state index is 13.9. The second kappa shape index (κ2) is 12.6. The molecule has 0 bridgehead atoms. The number of amides is 2. The van der Waals surface area contributed by atoms with E-state index in [1.54, 1.807) is 6.07 Å². The largest absolute Gasteiger partial charge is 0.507 e. The third-order valence-corrected chi connectivity index (χ3v) is 9.86. The number of carbonyl (C=O) groups excluding carboxylic acids is 2. The van der Waals surface area contributed by atoms with Crippen LogP contribution < -0.4 is 10.2 Å². The van der Waals surface area contributed by atoms with E-state index in [2.05, 4.69) is 18.3 Å². The number of hydrogen-bond donors (Lipinski definition) is 3. The van der Waals surface area contributed by atoms with Crippen LogP contribution in [0.4, 0.5) is 17.1 Å². The monoisotopic (exact) mass is 614 g/mol. The molecule has 3 N–H and O–H groups in total. The van der Waals surface area contributed by atoms with Gasteiger partial charge in [-0.25, -0.2) is 0 Å². The quantitative estimate of drug-likeness (QED) is 0.134. The molecule has 2 aliphatic heterocycles. The molecule has 4 aromatic carbocycles. The number of phenolic OH excluding ortho intramolecular Hbond substituents is 1. The number of nitrogens with zero attached hydrogens (tertiary/aromatic N) is 1. The van der Waals surface area contributed by atoms with Gasteiger partial charge in [0, 0.05) is 22.7 Å². The van der Waals surface area contributed by atoms with E-state index in [4.69, 9.17) is 4.74 Å². The summed E-state index contributed by atoms with van der Waals surface area (Å²) in [4.78, 5) is 29.0. The Morgan fingerprint density at radius 1 is 0.891 bits per heavy atom. The summed E-state index contributed by atoms with van der Waals surface area (Å²) in [5, 5.41) is 25.9. The average Bonchev–Trinajstić information content (AvgIpc) is 3.62. The van der Waals surface area contributed by atoms with Crippen molar-refractivity contribution in [2.45, 2.75) is 38.7 Å². The molecule has 2 amide bonds. The van der Waals surface area contributed by atoms with Crippen molar-refractivity contribution in [3.63, 3.8) is 0 Å². The van der Waals surface area contributed by atoms with E-state index in [-0.39, 0.29) is 36.2 Å². The third-order valence-electron chi connectivity index (χ3n) is 9.86. The van der Waals surface area contributed by atoms with E-state index in [9.17, 15) is 19.8 Å². The maximum absolute atomic E-state index is 13.9. The molecule has 1 aliphatic carbocycles. The van der Waals surface area contributed by atoms with Crippen molar-refractivity contribution >= 4 is 45.7 Å². The summed E-state index contributed by atoms with van der Waals surface area (Å²) in [5.41, 5.74) is 6.55. The number of carbonyl (C=O) groups is 2. The predicted octanol–water partition coefficient (Wildman–Crippen LogP) is 7.38. The van der Waals surface area contributed by atoms with Crippen molar-refractivity contribution < 1.29 is 24.5 Å². The normalized spacial score (nSPS) is 22.8. The Morgan fingerprint density at radius 2 is 1.61 bits per heavy atom. The number of aromatic hydroxyl groups is 1. The lowest BCUT2D eigenvalue weighted by Crippen LogP contribution is -2.35. The Bertz CT molecular complexity index is 1850. The Hall–Kier alpha value is -4.72. The fourth-order valence-corrected chi connectivity index (χ4v) is 7.58. The highest BCUT2D eigenvalue weighted by Gasteiger charge is 2.57. The lowest BCUT2D eigenvalue weighted by Gasteiger charge is -2.31. The Labute approximate surface area is 268 Å². The second-order valence-electron chi connectivity index (χ2n) is 12.4. The number of allylic oxidation sites excluding steroid dienone is 1. The van der Waals surface area contributed by atoms with E-state index in [1.165, 1.54) is 10.5 Å². The standard InChI is InChI=1S/C39H38N2O5/c1-2-24(20-25-13-18-34(43)31-11-7-6-10-30(25)31)12-19-35-36-26(22-42)21-32-37(33(36)23-46-35)39(45)41(38(32)44)29-16-14-28(15-17-29)40-27-8-4-3-5-9-27/h3-11,13-18,20,32-33,35,37,40,42-43H,2,12,19,21-23H2,1H3/b24-20+/t32-,33+,35-,37-/m1/s1. The minimum Gasteiger partial charge on any atom is -0.507 e. The molecular weight excluding hydrogens is 576 g/mol. The lowest BCUT2D eigenvalue weighted by molar-refractivity contribution is -0.122. The highest BCUT2D eigenvalue weighted by atomic mass is 16.5. The molecule has 0 saturated carbocycles. The number of benzene rings is 4. The average molecular weight is 615 g/mol. The topological polar surface area (TPSA) is 99.1 Å². The van der Waals surface area contributed by atoms with Gasteiger partial charge >= 0.3 is 0 Å². The number of ether oxygens (including phenoxy) is 1. The minimum atomic E-state index is -0.498. The number of hydrogen-bond acceptors (Lipinski definition) is 6. The Morgan fingerprint density at radius 3 is 2.35 bits per heavy atom. The second-order valence-corrected chi connectivity index (χ2v) is 12.4. The van der Waals surface area contributed by atoms with Crippen LogP contribution in [0.2, 0.25) is 0 Å².